The lowest BCUT2D eigenvalue weighted by atomic mass is 9.87. The zero-order valence-electron chi connectivity index (χ0n) is 13.1. The molecule has 0 amide bonds. The quantitative estimate of drug-likeness (QED) is 0.767. The Morgan fingerprint density at radius 2 is 1.85 bits per heavy atom. The van der Waals surface area contributed by atoms with Crippen molar-refractivity contribution < 1.29 is 0 Å². The van der Waals surface area contributed by atoms with E-state index in [4.69, 9.17) is 11.6 Å². The fourth-order valence-electron chi connectivity index (χ4n) is 3.20. The van der Waals surface area contributed by atoms with Crippen LogP contribution in [0.4, 0.5) is 0 Å². The molecule has 20 heavy (non-hydrogen) atoms. The van der Waals surface area contributed by atoms with E-state index in [-0.39, 0.29) is 5.54 Å². The molecule has 0 saturated heterocycles. The first-order chi connectivity index (χ1) is 9.46. The molecule has 1 nitrogen and oxygen atoms in total. The summed E-state index contributed by atoms with van der Waals surface area (Å²) in [6.45, 7) is 7.70. The first kappa shape index (κ1) is 15.9. The van der Waals surface area contributed by atoms with Gasteiger partial charge in [-0.3, -0.25) is 0 Å². The Morgan fingerprint density at radius 3 is 2.45 bits per heavy atom. The molecular weight excluding hydrogens is 266 g/mol. The van der Waals surface area contributed by atoms with Crippen molar-refractivity contribution in [3.8, 4) is 0 Å². The fourth-order valence-corrected chi connectivity index (χ4v) is 3.49. The van der Waals surface area contributed by atoms with Crippen LogP contribution in [0, 0.1) is 5.92 Å². The van der Waals surface area contributed by atoms with Crippen LogP contribution in [0.25, 0.3) is 0 Å². The van der Waals surface area contributed by atoms with Crippen LogP contribution in [0.1, 0.15) is 64.4 Å². The topological polar surface area (TPSA) is 12.0 Å². The van der Waals surface area contributed by atoms with Crippen LogP contribution >= 0.6 is 11.6 Å². The van der Waals surface area contributed by atoms with Crippen LogP contribution in [0.15, 0.2) is 24.3 Å². The van der Waals surface area contributed by atoms with Gasteiger partial charge in [0.05, 0.1) is 0 Å². The summed E-state index contributed by atoms with van der Waals surface area (Å²) in [5.74, 6) is 1.42. The van der Waals surface area contributed by atoms with Gasteiger partial charge in [0.2, 0.25) is 0 Å². The summed E-state index contributed by atoms with van der Waals surface area (Å²) in [7, 11) is 0. The van der Waals surface area contributed by atoms with Crippen molar-refractivity contribution in [1.82, 2.24) is 5.32 Å². The van der Waals surface area contributed by atoms with Crippen molar-refractivity contribution >= 4 is 11.6 Å². The van der Waals surface area contributed by atoms with E-state index in [1.807, 2.05) is 12.1 Å². The summed E-state index contributed by atoms with van der Waals surface area (Å²) in [6.07, 6.45) is 6.89. The summed E-state index contributed by atoms with van der Waals surface area (Å²) >= 11 is 6.43. The van der Waals surface area contributed by atoms with Crippen LogP contribution in [0.5, 0.6) is 0 Å². The molecule has 1 aliphatic rings. The lowest BCUT2D eigenvalue weighted by molar-refractivity contribution is 0.368. The molecule has 0 spiro atoms. The molecule has 1 aliphatic carbocycles. The second kappa shape index (κ2) is 6.95. The smallest absolute Gasteiger partial charge is 0.0441 e. The van der Waals surface area contributed by atoms with Gasteiger partial charge in [0.15, 0.2) is 0 Å². The molecule has 0 aliphatic heterocycles. The highest BCUT2D eigenvalue weighted by Gasteiger charge is 2.23. The number of halogens is 1. The molecule has 1 saturated carbocycles. The lowest BCUT2D eigenvalue weighted by Gasteiger charge is -2.27. The van der Waals surface area contributed by atoms with Gasteiger partial charge in [0, 0.05) is 17.1 Å². The summed E-state index contributed by atoms with van der Waals surface area (Å²) in [5, 5.41) is 4.59. The van der Waals surface area contributed by atoms with Crippen LogP contribution in [0.3, 0.4) is 0 Å². The average molecular weight is 294 g/mol. The maximum atomic E-state index is 6.43. The second-order valence-corrected chi connectivity index (χ2v) is 7.64. The molecule has 112 valence electrons. The molecule has 1 fully saturated rings. The average Bonchev–Trinajstić information content (AvgIpc) is 2.87. The molecule has 1 N–H and O–H groups in total. The molecule has 1 atom stereocenters. The Morgan fingerprint density at radius 1 is 1.20 bits per heavy atom. The van der Waals surface area contributed by atoms with Gasteiger partial charge in [0.25, 0.3) is 0 Å². The van der Waals surface area contributed by atoms with Crippen LogP contribution < -0.4 is 5.32 Å². The normalized spacial score (nSPS) is 18.4. The number of hydrogen-bond donors (Lipinski definition) is 1. The minimum Gasteiger partial charge on any atom is -0.311 e. The molecule has 1 aromatic rings. The van der Waals surface area contributed by atoms with E-state index in [2.05, 4.69) is 38.2 Å². The minimum atomic E-state index is 0.162. The van der Waals surface area contributed by atoms with Crippen molar-refractivity contribution in [3.05, 3.63) is 34.9 Å². The van der Waals surface area contributed by atoms with E-state index in [1.54, 1.807) is 0 Å². The van der Waals surface area contributed by atoms with E-state index in [0.29, 0.717) is 5.92 Å². The van der Waals surface area contributed by atoms with Crippen molar-refractivity contribution in [1.29, 1.82) is 0 Å². The highest BCUT2D eigenvalue weighted by Crippen LogP contribution is 2.36. The Balaban J connectivity index is 2.08. The zero-order chi connectivity index (χ0) is 14.6. The number of nitrogens with one attached hydrogen (secondary N) is 1. The maximum Gasteiger partial charge on any atom is 0.0441 e. The number of benzene rings is 1. The molecule has 2 heteroatoms. The Kier molecular flexibility index (Phi) is 5.51. The van der Waals surface area contributed by atoms with E-state index >= 15 is 0 Å². The van der Waals surface area contributed by atoms with Gasteiger partial charge >= 0.3 is 0 Å². The predicted octanol–water partition coefficient (Wildman–Crippen LogP) is 5.39. The van der Waals surface area contributed by atoms with E-state index in [0.717, 1.165) is 17.5 Å². The SMILES string of the molecule is CC(C)(C)NCC(CC1CCCC1)c1ccccc1Cl. The molecule has 0 bridgehead atoms. The lowest BCUT2D eigenvalue weighted by Crippen LogP contribution is -2.39. The van der Waals surface area contributed by atoms with Crippen LogP contribution in [-0.4, -0.2) is 12.1 Å². The molecule has 0 aromatic heterocycles. The Labute approximate surface area is 129 Å². The first-order valence-electron chi connectivity index (χ1n) is 7.95. The summed E-state index contributed by atoms with van der Waals surface area (Å²) in [5.41, 5.74) is 1.48. The third-order valence-corrected chi connectivity index (χ3v) is 4.66. The summed E-state index contributed by atoms with van der Waals surface area (Å²) in [4.78, 5) is 0. The van der Waals surface area contributed by atoms with Crippen molar-refractivity contribution in [2.75, 3.05) is 6.54 Å². The molecule has 1 unspecified atom stereocenters. The van der Waals surface area contributed by atoms with E-state index in [9.17, 15) is 0 Å². The van der Waals surface area contributed by atoms with Gasteiger partial charge < -0.3 is 5.32 Å². The Bertz CT molecular complexity index is 416. The van der Waals surface area contributed by atoms with Gasteiger partial charge in [-0.05, 0) is 50.7 Å². The number of rotatable bonds is 5. The minimum absolute atomic E-state index is 0.162. The van der Waals surface area contributed by atoms with Gasteiger partial charge in [-0.15, -0.1) is 0 Å². The highest BCUT2D eigenvalue weighted by molar-refractivity contribution is 6.31. The molecular formula is C18H28ClN. The van der Waals surface area contributed by atoms with E-state index < -0.39 is 0 Å². The molecule has 0 radical (unpaired) electrons. The zero-order valence-corrected chi connectivity index (χ0v) is 13.8. The number of hydrogen-bond acceptors (Lipinski definition) is 1. The van der Waals surface area contributed by atoms with Gasteiger partial charge in [-0.1, -0.05) is 55.5 Å². The third kappa shape index (κ3) is 4.79. The van der Waals surface area contributed by atoms with Crippen molar-refractivity contribution in [3.63, 3.8) is 0 Å². The molecule has 2 rings (SSSR count). The van der Waals surface area contributed by atoms with Gasteiger partial charge in [-0.25, -0.2) is 0 Å². The van der Waals surface area contributed by atoms with Crippen molar-refractivity contribution in [2.24, 2.45) is 5.92 Å². The van der Waals surface area contributed by atoms with Gasteiger partial charge in [0.1, 0.15) is 0 Å². The van der Waals surface area contributed by atoms with Crippen molar-refractivity contribution in [2.45, 2.75) is 64.3 Å². The van der Waals surface area contributed by atoms with Crippen LogP contribution in [0.2, 0.25) is 5.02 Å². The first-order valence-corrected chi connectivity index (χ1v) is 8.33. The summed E-state index contributed by atoms with van der Waals surface area (Å²) < 4.78 is 0. The van der Waals surface area contributed by atoms with Crippen LogP contribution in [-0.2, 0) is 0 Å². The second-order valence-electron chi connectivity index (χ2n) is 7.24. The van der Waals surface area contributed by atoms with E-state index in [1.165, 1.54) is 37.7 Å². The monoisotopic (exact) mass is 293 g/mol. The maximum absolute atomic E-state index is 6.43. The Hall–Kier alpha value is -0.530. The fraction of sp³-hybridized carbons (Fsp3) is 0.667. The van der Waals surface area contributed by atoms with Gasteiger partial charge in [-0.2, -0.15) is 0 Å². The largest absolute Gasteiger partial charge is 0.311 e. The predicted molar refractivity (Wildman–Crippen MR) is 88.5 cm³/mol. The summed E-state index contributed by atoms with van der Waals surface area (Å²) in [6, 6.07) is 8.36. The highest BCUT2D eigenvalue weighted by atomic mass is 35.5. The third-order valence-electron chi connectivity index (χ3n) is 4.32. The standard InChI is InChI=1S/C18H28ClN/c1-18(2,3)20-13-15(12-14-8-4-5-9-14)16-10-6-7-11-17(16)19/h6-7,10-11,14-15,20H,4-5,8-9,12-13H2,1-3H3. The molecule has 0 heterocycles. The molecule has 1 aromatic carbocycles.